The predicted molar refractivity (Wildman–Crippen MR) is 164 cm³/mol. The molecule has 2 fully saturated rings. The number of carbonyl (C=O) groups excluding carboxylic acids is 1. The number of rotatable bonds is 9. The first-order chi connectivity index (χ1) is 19.0. The SMILES string of the molecule is CCOc1cc(/C=C2\SC(Nc3ccccc3)N([C@H]3CCCC[C@@H]3C)C2=O)ccc1OCc1ccc(Br)cc1. The third-order valence-electron chi connectivity index (χ3n) is 7.30. The van der Waals surface area contributed by atoms with Crippen molar-refractivity contribution in [3.05, 3.63) is 93.3 Å². The molecule has 1 saturated carbocycles. The molecular weight excluding hydrogens is 572 g/mol. The van der Waals surface area contributed by atoms with Crippen LogP contribution in [-0.2, 0) is 11.4 Å². The molecule has 3 atom stereocenters. The van der Waals surface area contributed by atoms with Gasteiger partial charge in [0.2, 0.25) is 0 Å². The van der Waals surface area contributed by atoms with Gasteiger partial charge in [0, 0.05) is 16.2 Å². The van der Waals surface area contributed by atoms with Crippen molar-refractivity contribution >= 4 is 45.4 Å². The molecule has 0 radical (unpaired) electrons. The van der Waals surface area contributed by atoms with Gasteiger partial charge in [0.15, 0.2) is 17.0 Å². The molecule has 1 heterocycles. The fraction of sp³-hybridized carbons (Fsp3) is 0.344. The van der Waals surface area contributed by atoms with Crippen LogP contribution in [0.5, 0.6) is 11.5 Å². The second-order valence-corrected chi connectivity index (χ2v) is 12.1. The Labute approximate surface area is 244 Å². The molecule has 0 aromatic heterocycles. The summed E-state index contributed by atoms with van der Waals surface area (Å²) >= 11 is 5.07. The normalized spacial score (nSPS) is 22.2. The number of benzene rings is 3. The smallest absolute Gasteiger partial charge is 0.262 e. The Kier molecular flexibility index (Phi) is 9.20. The number of nitrogens with one attached hydrogen (secondary N) is 1. The average Bonchev–Trinajstić information content (AvgIpc) is 3.24. The van der Waals surface area contributed by atoms with Crippen LogP contribution in [0, 0.1) is 5.92 Å². The van der Waals surface area contributed by atoms with Crippen LogP contribution in [0.15, 0.2) is 82.2 Å². The molecule has 1 saturated heterocycles. The van der Waals surface area contributed by atoms with Crippen molar-refractivity contribution in [1.29, 1.82) is 0 Å². The van der Waals surface area contributed by atoms with Gasteiger partial charge in [-0.25, -0.2) is 0 Å². The first kappa shape index (κ1) is 27.7. The Morgan fingerprint density at radius 3 is 2.51 bits per heavy atom. The van der Waals surface area contributed by atoms with Gasteiger partial charge < -0.3 is 19.7 Å². The number of hydrogen-bond acceptors (Lipinski definition) is 5. The molecule has 2 aliphatic rings. The minimum absolute atomic E-state index is 0.0979. The van der Waals surface area contributed by atoms with E-state index in [1.54, 1.807) is 11.8 Å². The molecule has 1 N–H and O–H groups in total. The Hall–Kier alpha value is -2.90. The zero-order valence-electron chi connectivity index (χ0n) is 22.4. The lowest BCUT2D eigenvalue weighted by molar-refractivity contribution is -0.129. The van der Waals surface area contributed by atoms with E-state index in [0.29, 0.717) is 30.6 Å². The topological polar surface area (TPSA) is 50.8 Å². The van der Waals surface area contributed by atoms with Crippen LogP contribution < -0.4 is 14.8 Å². The van der Waals surface area contributed by atoms with Crippen LogP contribution >= 0.6 is 27.7 Å². The monoisotopic (exact) mass is 606 g/mol. The first-order valence-corrected chi connectivity index (χ1v) is 15.4. The second-order valence-electron chi connectivity index (χ2n) is 10.1. The van der Waals surface area contributed by atoms with E-state index in [0.717, 1.165) is 39.0 Å². The lowest BCUT2D eigenvalue weighted by atomic mass is 9.85. The molecular formula is C32H35BrN2O3S. The van der Waals surface area contributed by atoms with Gasteiger partial charge in [-0.3, -0.25) is 4.79 Å². The number of halogens is 1. The van der Waals surface area contributed by atoms with Gasteiger partial charge in [0.1, 0.15) is 6.61 Å². The van der Waals surface area contributed by atoms with Gasteiger partial charge in [-0.2, -0.15) is 0 Å². The number of hydrogen-bond donors (Lipinski definition) is 1. The van der Waals surface area contributed by atoms with Crippen LogP contribution in [0.4, 0.5) is 5.69 Å². The molecule has 39 heavy (non-hydrogen) atoms. The van der Waals surface area contributed by atoms with Crippen molar-refractivity contribution in [2.45, 2.75) is 57.7 Å². The van der Waals surface area contributed by atoms with Crippen molar-refractivity contribution < 1.29 is 14.3 Å². The molecule has 0 spiro atoms. The summed E-state index contributed by atoms with van der Waals surface area (Å²) in [5.74, 6) is 1.94. The maximum absolute atomic E-state index is 13.9. The summed E-state index contributed by atoms with van der Waals surface area (Å²) in [6.45, 7) is 5.22. The van der Waals surface area contributed by atoms with E-state index in [1.165, 1.54) is 12.8 Å². The number of carbonyl (C=O) groups is 1. The van der Waals surface area contributed by atoms with Gasteiger partial charge in [-0.15, -0.1) is 0 Å². The molecule has 3 aromatic carbocycles. The van der Waals surface area contributed by atoms with Gasteiger partial charge >= 0.3 is 0 Å². The maximum Gasteiger partial charge on any atom is 0.262 e. The number of thioether (sulfide) groups is 1. The highest BCUT2D eigenvalue weighted by Crippen LogP contribution is 2.42. The molecule has 3 aromatic rings. The maximum atomic E-state index is 13.9. The second kappa shape index (κ2) is 13.0. The van der Waals surface area contributed by atoms with Crippen LogP contribution in [0.25, 0.3) is 6.08 Å². The summed E-state index contributed by atoms with van der Waals surface area (Å²) in [5.41, 5.74) is 2.87. The predicted octanol–water partition coefficient (Wildman–Crippen LogP) is 8.32. The molecule has 1 aliphatic heterocycles. The van der Waals surface area contributed by atoms with Crippen molar-refractivity contribution in [2.75, 3.05) is 11.9 Å². The fourth-order valence-corrected chi connectivity index (χ4v) is 6.74. The van der Waals surface area contributed by atoms with Crippen molar-refractivity contribution in [3.63, 3.8) is 0 Å². The lowest BCUT2D eigenvalue weighted by Crippen LogP contribution is -2.48. The van der Waals surface area contributed by atoms with E-state index in [1.807, 2.05) is 73.7 Å². The van der Waals surface area contributed by atoms with E-state index in [9.17, 15) is 4.79 Å². The number of ether oxygens (including phenoxy) is 2. The molecule has 204 valence electrons. The van der Waals surface area contributed by atoms with E-state index < -0.39 is 0 Å². The molecule has 5 nitrogen and oxygen atoms in total. The minimum Gasteiger partial charge on any atom is -0.490 e. The minimum atomic E-state index is -0.142. The van der Waals surface area contributed by atoms with E-state index in [4.69, 9.17) is 9.47 Å². The largest absolute Gasteiger partial charge is 0.490 e. The van der Waals surface area contributed by atoms with Crippen LogP contribution in [0.1, 0.15) is 50.7 Å². The highest BCUT2D eigenvalue weighted by atomic mass is 79.9. The standard InChI is InChI=1S/C32H35BrN2O3S/c1-3-37-29-19-24(15-18-28(29)38-21-23-13-16-25(33)17-14-23)20-30-31(36)35(27-12-8-7-9-22(27)2)32(39-30)34-26-10-5-4-6-11-26/h4-6,10-11,13-20,22,27,32,34H,3,7-9,12,21H2,1-2H3/b30-20-/t22-,27-,32?/m0/s1. The molecule has 1 amide bonds. The number of amides is 1. The summed E-state index contributed by atoms with van der Waals surface area (Å²) in [6, 6.07) is 24.3. The lowest BCUT2D eigenvalue weighted by Gasteiger charge is -2.39. The van der Waals surface area contributed by atoms with Crippen LogP contribution in [0.2, 0.25) is 0 Å². The summed E-state index contributed by atoms with van der Waals surface area (Å²) in [5, 5.41) is 3.61. The molecule has 1 aliphatic carbocycles. The summed E-state index contributed by atoms with van der Waals surface area (Å²) < 4.78 is 13.1. The zero-order chi connectivity index (χ0) is 27.2. The molecule has 5 rings (SSSR count). The van der Waals surface area contributed by atoms with Gasteiger partial charge in [0.05, 0.1) is 11.5 Å². The highest BCUT2D eigenvalue weighted by Gasteiger charge is 2.42. The Balaban J connectivity index is 1.38. The number of nitrogens with zero attached hydrogens (tertiary/aromatic N) is 1. The van der Waals surface area contributed by atoms with Gasteiger partial charge in [0.25, 0.3) is 5.91 Å². The highest BCUT2D eigenvalue weighted by molar-refractivity contribution is 9.10. The van der Waals surface area contributed by atoms with Crippen LogP contribution in [-0.4, -0.2) is 29.0 Å². The fourth-order valence-electron chi connectivity index (χ4n) is 5.26. The Morgan fingerprint density at radius 2 is 1.77 bits per heavy atom. The summed E-state index contributed by atoms with van der Waals surface area (Å²) in [4.78, 5) is 16.7. The zero-order valence-corrected chi connectivity index (χ0v) is 24.8. The van der Waals surface area contributed by atoms with Gasteiger partial charge in [-0.05, 0) is 79.3 Å². The third kappa shape index (κ3) is 6.82. The molecule has 1 unspecified atom stereocenters. The summed E-state index contributed by atoms with van der Waals surface area (Å²) in [6.07, 6.45) is 6.60. The number of anilines is 1. The van der Waals surface area contributed by atoms with Crippen LogP contribution in [0.3, 0.4) is 0 Å². The Morgan fingerprint density at radius 1 is 1.00 bits per heavy atom. The van der Waals surface area contributed by atoms with Gasteiger partial charge in [-0.1, -0.05) is 83.9 Å². The van der Waals surface area contributed by atoms with E-state index in [2.05, 4.69) is 45.2 Å². The van der Waals surface area contributed by atoms with Crippen molar-refractivity contribution in [2.24, 2.45) is 5.92 Å². The first-order valence-electron chi connectivity index (χ1n) is 13.7. The Bertz CT molecular complexity index is 1300. The molecule has 0 bridgehead atoms. The summed E-state index contributed by atoms with van der Waals surface area (Å²) in [7, 11) is 0. The average molecular weight is 608 g/mol. The third-order valence-corrected chi connectivity index (χ3v) is 8.94. The molecule has 7 heteroatoms. The van der Waals surface area contributed by atoms with Crippen molar-refractivity contribution in [3.8, 4) is 11.5 Å². The number of para-hydroxylation sites is 1. The van der Waals surface area contributed by atoms with E-state index >= 15 is 0 Å². The van der Waals surface area contributed by atoms with E-state index in [-0.39, 0.29) is 17.4 Å². The quantitative estimate of drug-likeness (QED) is 0.248. The van der Waals surface area contributed by atoms with Crippen molar-refractivity contribution in [1.82, 2.24) is 4.90 Å².